The van der Waals surface area contributed by atoms with Gasteiger partial charge in [0, 0.05) is 18.2 Å². The fourth-order valence-corrected chi connectivity index (χ4v) is 4.36. The molecule has 0 spiro atoms. The number of aliphatic carboxylic acids is 1. The monoisotopic (exact) mass is 477 g/mol. The van der Waals surface area contributed by atoms with E-state index in [-0.39, 0.29) is 23.5 Å². The maximum atomic E-state index is 12.4. The summed E-state index contributed by atoms with van der Waals surface area (Å²) in [7, 11) is 0. The molecule has 0 fully saturated rings. The molecule has 0 bridgehead atoms. The molecule has 1 aliphatic rings. The van der Waals surface area contributed by atoms with Crippen LogP contribution in [0.4, 0.5) is 5.69 Å². The second-order valence-electron chi connectivity index (χ2n) is 10.0. The average molecular weight is 478 g/mol. The quantitative estimate of drug-likeness (QED) is 0.188. The number of nitrogens with one attached hydrogen (secondary N) is 1. The van der Waals surface area contributed by atoms with Crippen LogP contribution in [0.2, 0.25) is 0 Å². The standard InChI is InChI=1S/C30H39NO4/c1-21(14-16-26-23(3)11-8-18-30(26,4)5)9-6-10-22(2)19-28(33)31-25-15-17-27(32)24(20-25)12-7-13-29(34)35/h6,9-10,14-17,19-20,32H,7-8,11-13,18H2,1-5H3,(H,31,33)(H,34,35). The van der Waals surface area contributed by atoms with Crippen molar-refractivity contribution >= 4 is 17.6 Å². The normalized spacial score (nSPS) is 16.8. The van der Waals surface area contributed by atoms with Gasteiger partial charge in [-0.3, -0.25) is 9.59 Å². The summed E-state index contributed by atoms with van der Waals surface area (Å²) in [5, 5.41) is 21.6. The van der Waals surface area contributed by atoms with Gasteiger partial charge < -0.3 is 15.5 Å². The average Bonchev–Trinajstić information content (AvgIpc) is 2.74. The number of benzene rings is 1. The lowest BCUT2D eigenvalue weighted by molar-refractivity contribution is -0.137. The van der Waals surface area contributed by atoms with Gasteiger partial charge in [0.2, 0.25) is 5.91 Å². The predicted molar refractivity (Wildman–Crippen MR) is 143 cm³/mol. The molecule has 5 nitrogen and oxygen atoms in total. The molecule has 0 atom stereocenters. The van der Waals surface area contributed by atoms with E-state index in [4.69, 9.17) is 5.11 Å². The first kappa shape index (κ1) is 27.9. The number of amides is 1. The van der Waals surface area contributed by atoms with Crippen LogP contribution in [0.1, 0.15) is 72.3 Å². The molecule has 0 unspecified atom stereocenters. The van der Waals surface area contributed by atoms with E-state index in [2.05, 4.69) is 45.2 Å². The first-order valence-corrected chi connectivity index (χ1v) is 12.2. The Hall–Kier alpha value is -3.34. The third kappa shape index (κ3) is 9.44. The molecule has 0 saturated carbocycles. The maximum Gasteiger partial charge on any atom is 0.303 e. The Labute approximate surface area is 209 Å². The first-order valence-electron chi connectivity index (χ1n) is 12.2. The summed E-state index contributed by atoms with van der Waals surface area (Å²) in [6, 6.07) is 4.81. The minimum atomic E-state index is -0.871. The third-order valence-electron chi connectivity index (χ3n) is 6.32. The van der Waals surface area contributed by atoms with Gasteiger partial charge in [0.1, 0.15) is 5.75 Å². The number of anilines is 1. The van der Waals surface area contributed by atoms with E-state index in [0.29, 0.717) is 24.1 Å². The Kier molecular flexibility index (Phi) is 10.3. The number of hydrogen-bond donors (Lipinski definition) is 3. The lowest BCUT2D eigenvalue weighted by Crippen LogP contribution is -2.19. The number of phenols is 1. The van der Waals surface area contributed by atoms with Gasteiger partial charge in [-0.15, -0.1) is 0 Å². The second kappa shape index (κ2) is 12.9. The summed E-state index contributed by atoms with van der Waals surface area (Å²) in [5.74, 6) is -1.04. The highest BCUT2D eigenvalue weighted by Gasteiger charge is 2.26. The minimum absolute atomic E-state index is 0.0312. The highest BCUT2D eigenvalue weighted by molar-refractivity contribution is 6.00. The molecule has 0 radical (unpaired) electrons. The van der Waals surface area contributed by atoms with Gasteiger partial charge in [0.15, 0.2) is 0 Å². The molecule has 0 aliphatic heterocycles. The summed E-state index contributed by atoms with van der Waals surface area (Å²) in [6.07, 6.45) is 16.3. The van der Waals surface area contributed by atoms with Crippen molar-refractivity contribution in [3.63, 3.8) is 0 Å². The van der Waals surface area contributed by atoms with E-state index in [1.807, 2.05) is 25.2 Å². The number of hydrogen-bond acceptors (Lipinski definition) is 3. The van der Waals surface area contributed by atoms with Crippen molar-refractivity contribution in [1.82, 2.24) is 0 Å². The van der Waals surface area contributed by atoms with Crippen molar-refractivity contribution in [1.29, 1.82) is 0 Å². The number of carboxylic acid groups (broad SMARTS) is 1. The van der Waals surface area contributed by atoms with Gasteiger partial charge in [0.05, 0.1) is 0 Å². The Morgan fingerprint density at radius 2 is 1.89 bits per heavy atom. The van der Waals surface area contributed by atoms with Gasteiger partial charge in [-0.05, 0) is 93.2 Å². The summed E-state index contributed by atoms with van der Waals surface area (Å²) >= 11 is 0. The molecule has 5 heteroatoms. The molecule has 1 aromatic carbocycles. The molecule has 188 valence electrons. The van der Waals surface area contributed by atoms with E-state index in [1.165, 1.54) is 42.6 Å². The predicted octanol–water partition coefficient (Wildman–Crippen LogP) is 7.27. The molecule has 1 aliphatic carbocycles. The van der Waals surface area contributed by atoms with E-state index in [0.717, 1.165) is 11.1 Å². The van der Waals surface area contributed by atoms with E-state index >= 15 is 0 Å². The number of allylic oxidation sites excluding steroid dienone is 9. The summed E-state index contributed by atoms with van der Waals surface area (Å²) in [4.78, 5) is 23.1. The van der Waals surface area contributed by atoms with Crippen LogP contribution in [0.15, 0.2) is 76.9 Å². The molecule has 0 heterocycles. The van der Waals surface area contributed by atoms with Gasteiger partial charge in [0.25, 0.3) is 0 Å². The number of phenolic OH excluding ortho intramolecular Hbond substituents is 1. The van der Waals surface area contributed by atoms with Crippen molar-refractivity contribution < 1.29 is 19.8 Å². The zero-order valence-corrected chi connectivity index (χ0v) is 21.6. The zero-order valence-electron chi connectivity index (χ0n) is 21.6. The topological polar surface area (TPSA) is 86.6 Å². The number of carbonyl (C=O) groups is 2. The number of aryl methyl sites for hydroxylation is 1. The van der Waals surface area contributed by atoms with Crippen LogP contribution >= 0.6 is 0 Å². The molecule has 35 heavy (non-hydrogen) atoms. The zero-order chi connectivity index (χ0) is 26.0. The molecule has 0 aromatic heterocycles. The lowest BCUT2D eigenvalue weighted by Gasteiger charge is -2.32. The van der Waals surface area contributed by atoms with E-state index < -0.39 is 5.97 Å². The number of aromatic hydroxyl groups is 1. The maximum absolute atomic E-state index is 12.4. The lowest BCUT2D eigenvalue weighted by atomic mass is 9.72. The van der Waals surface area contributed by atoms with Crippen molar-refractivity contribution in [3.05, 3.63) is 82.5 Å². The SMILES string of the molecule is CC(C=CC1=C(C)CCCC1(C)C)=CC=CC(C)=CC(=O)Nc1ccc(O)c(CCCC(=O)O)c1. The van der Waals surface area contributed by atoms with Crippen LogP contribution in [-0.4, -0.2) is 22.1 Å². The third-order valence-corrected chi connectivity index (χ3v) is 6.32. The van der Waals surface area contributed by atoms with Crippen molar-refractivity contribution in [2.24, 2.45) is 5.41 Å². The fraction of sp³-hybridized carbons (Fsp3) is 0.400. The molecule has 2 rings (SSSR count). The summed E-state index contributed by atoms with van der Waals surface area (Å²) in [6.45, 7) is 10.8. The summed E-state index contributed by atoms with van der Waals surface area (Å²) < 4.78 is 0. The minimum Gasteiger partial charge on any atom is -0.508 e. The van der Waals surface area contributed by atoms with Gasteiger partial charge in [-0.2, -0.15) is 0 Å². The molecule has 3 N–H and O–H groups in total. The Balaban J connectivity index is 1.96. The molecule has 1 amide bonds. The molecule has 1 aromatic rings. The van der Waals surface area contributed by atoms with Crippen molar-refractivity contribution in [2.45, 2.75) is 73.1 Å². The van der Waals surface area contributed by atoms with Crippen LogP contribution in [-0.2, 0) is 16.0 Å². The summed E-state index contributed by atoms with van der Waals surface area (Å²) in [5.41, 5.74) is 6.25. The molecule has 0 saturated heterocycles. The largest absolute Gasteiger partial charge is 0.508 e. The van der Waals surface area contributed by atoms with Crippen LogP contribution in [0, 0.1) is 5.41 Å². The number of rotatable bonds is 10. The van der Waals surface area contributed by atoms with E-state index in [9.17, 15) is 14.7 Å². The Morgan fingerprint density at radius 1 is 1.14 bits per heavy atom. The van der Waals surface area contributed by atoms with Crippen LogP contribution in [0.3, 0.4) is 0 Å². The van der Waals surface area contributed by atoms with Crippen LogP contribution in [0.5, 0.6) is 5.75 Å². The highest BCUT2D eigenvalue weighted by Crippen LogP contribution is 2.40. The van der Waals surface area contributed by atoms with Gasteiger partial charge in [-0.1, -0.05) is 55.4 Å². The van der Waals surface area contributed by atoms with Crippen LogP contribution in [0.25, 0.3) is 0 Å². The fourth-order valence-electron chi connectivity index (χ4n) is 4.36. The number of carboxylic acids is 1. The number of carbonyl (C=O) groups excluding carboxylic acids is 1. The smallest absolute Gasteiger partial charge is 0.303 e. The van der Waals surface area contributed by atoms with E-state index in [1.54, 1.807) is 12.1 Å². The van der Waals surface area contributed by atoms with Gasteiger partial charge in [-0.25, -0.2) is 0 Å². The first-order chi connectivity index (χ1) is 16.5. The van der Waals surface area contributed by atoms with Crippen molar-refractivity contribution in [2.75, 3.05) is 5.32 Å². The van der Waals surface area contributed by atoms with Gasteiger partial charge >= 0.3 is 5.97 Å². The molecular weight excluding hydrogens is 438 g/mol. The Bertz CT molecular complexity index is 1080. The van der Waals surface area contributed by atoms with Crippen molar-refractivity contribution in [3.8, 4) is 5.75 Å². The van der Waals surface area contributed by atoms with Crippen LogP contribution < -0.4 is 5.32 Å². The Morgan fingerprint density at radius 3 is 2.57 bits per heavy atom. The second-order valence-corrected chi connectivity index (χ2v) is 10.0. The molecular formula is C30H39NO4. The highest BCUT2D eigenvalue weighted by atomic mass is 16.4.